The average molecular weight is 553 g/mol. The molecule has 1 atom stereocenters. The van der Waals surface area contributed by atoms with Gasteiger partial charge in [0, 0.05) is 28.8 Å². The van der Waals surface area contributed by atoms with E-state index in [1.165, 1.54) is 4.90 Å². The number of aryl methyl sites for hydroxylation is 1. The van der Waals surface area contributed by atoms with Crippen LogP contribution in [0.1, 0.15) is 12.0 Å². The van der Waals surface area contributed by atoms with Crippen LogP contribution in [0.2, 0.25) is 0 Å². The molecular formula is C27H25BrN2O6. The molecule has 186 valence electrons. The molecule has 1 saturated heterocycles. The molecule has 0 bridgehead atoms. The van der Waals surface area contributed by atoms with E-state index in [4.69, 9.17) is 14.2 Å². The summed E-state index contributed by atoms with van der Waals surface area (Å²) in [6, 6.07) is 19.7. The first-order valence-corrected chi connectivity index (χ1v) is 12.1. The Bertz CT molecular complexity index is 1260. The lowest BCUT2D eigenvalue weighted by Crippen LogP contribution is -2.28. The van der Waals surface area contributed by atoms with Crippen LogP contribution in [0.5, 0.6) is 17.2 Å². The smallest absolute Gasteiger partial charge is 0.311 e. The van der Waals surface area contributed by atoms with Gasteiger partial charge in [0.2, 0.25) is 5.91 Å². The Hall–Kier alpha value is -3.85. The van der Waals surface area contributed by atoms with E-state index in [1.54, 1.807) is 61.7 Å². The van der Waals surface area contributed by atoms with Crippen LogP contribution in [0.4, 0.5) is 11.4 Å². The van der Waals surface area contributed by atoms with Gasteiger partial charge in [-0.05, 0) is 79.2 Å². The maximum Gasteiger partial charge on any atom is 0.311 e. The van der Waals surface area contributed by atoms with Gasteiger partial charge < -0.3 is 24.4 Å². The van der Waals surface area contributed by atoms with Crippen molar-refractivity contribution in [2.24, 2.45) is 5.92 Å². The fraction of sp³-hybridized carbons (Fsp3) is 0.222. The highest BCUT2D eigenvalue weighted by Crippen LogP contribution is 2.30. The summed E-state index contributed by atoms with van der Waals surface area (Å²) in [5.41, 5.74) is 2.17. The number of ether oxygens (including phenoxy) is 3. The second-order valence-corrected chi connectivity index (χ2v) is 9.21. The first-order chi connectivity index (χ1) is 17.3. The molecule has 9 heteroatoms. The van der Waals surface area contributed by atoms with Crippen LogP contribution in [0.3, 0.4) is 0 Å². The maximum atomic E-state index is 12.6. The van der Waals surface area contributed by atoms with E-state index in [1.807, 2.05) is 19.1 Å². The van der Waals surface area contributed by atoms with Gasteiger partial charge in [-0.25, -0.2) is 0 Å². The molecule has 1 heterocycles. The lowest BCUT2D eigenvalue weighted by Gasteiger charge is -2.17. The van der Waals surface area contributed by atoms with Gasteiger partial charge in [-0.3, -0.25) is 14.4 Å². The molecule has 1 aliphatic rings. The summed E-state index contributed by atoms with van der Waals surface area (Å²) in [7, 11) is 1.60. The molecule has 0 aromatic heterocycles. The number of hydrogen-bond donors (Lipinski definition) is 1. The van der Waals surface area contributed by atoms with Crippen LogP contribution in [-0.2, 0) is 19.1 Å². The second-order valence-electron chi connectivity index (χ2n) is 8.29. The van der Waals surface area contributed by atoms with Crippen molar-refractivity contribution in [3.8, 4) is 17.2 Å². The predicted molar refractivity (Wildman–Crippen MR) is 138 cm³/mol. The van der Waals surface area contributed by atoms with E-state index < -0.39 is 24.4 Å². The summed E-state index contributed by atoms with van der Waals surface area (Å²) in [5, 5.41) is 2.72. The molecular weight excluding hydrogens is 528 g/mol. The van der Waals surface area contributed by atoms with Crippen LogP contribution in [0, 0.1) is 12.8 Å². The quantitative estimate of drug-likeness (QED) is 0.391. The fourth-order valence-electron chi connectivity index (χ4n) is 3.80. The molecule has 1 fully saturated rings. The molecule has 0 radical (unpaired) electrons. The Morgan fingerprint density at radius 3 is 2.28 bits per heavy atom. The monoisotopic (exact) mass is 552 g/mol. The molecule has 1 aliphatic heterocycles. The van der Waals surface area contributed by atoms with Gasteiger partial charge >= 0.3 is 5.97 Å². The summed E-state index contributed by atoms with van der Waals surface area (Å²) in [6.45, 7) is 1.63. The number of hydrogen-bond acceptors (Lipinski definition) is 6. The van der Waals surface area contributed by atoms with E-state index in [9.17, 15) is 14.4 Å². The predicted octanol–water partition coefficient (Wildman–Crippen LogP) is 5.09. The normalized spacial score (nSPS) is 14.9. The minimum Gasteiger partial charge on any atom is -0.497 e. The number of halogens is 1. The summed E-state index contributed by atoms with van der Waals surface area (Å²) >= 11 is 3.37. The SMILES string of the molecule is COc1ccc(Oc2ccc(N3C[C@H](C(=O)OCC(=O)Nc4ccc(Br)cc4C)CC3=O)cc2)cc1. The van der Waals surface area contributed by atoms with Crippen molar-refractivity contribution < 1.29 is 28.6 Å². The van der Waals surface area contributed by atoms with Crippen LogP contribution in [0.25, 0.3) is 0 Å². The van der Waals surface area contributed by atoms with Crippen LogP contribution in [-0.4, -0.2) is 38.0 Å². The minimum absolute atomic E-state index is 0.0242. The van der Waals surface area contributed by atoms with Crippen LogP contribution in [0.15, 0.2) is 71.2 Å². The Labute approximate surface area is 217 Å². The molecule has 0 saturated carbocycles. The Kier molecular flexibility index (Phi) is 7.90. The highest BCUT2D eigenvalue weighted by Gasteiger charge is 2.36. The van der Waals surface area contributed by atoms with E-state index in [0.717, 1.165) is 15.8 Å². The average Bonchev–Trinajstić information content (AvgIpc) is 3.27. The third-order valence-electron chi connectivity index (χ3n) is 5.71. The zero-order valence-corrected chi connectivity index (χ0v) is 21.4. The van der Waals surface area contributed by atoms with Crippen molar-refractivity contribution in [2.75, 3.05) is 30.5 Å². The third-order valence-corrected chi connectivity index (χ3v) is 6.20. The molecule has 4 rings (SSSR count). The standard InChI is InChI=1S/C27H25BrN2O6/c1-17-13-19(28)3-12-24(17)29-25(31)16-35-27(33)18-14-26(32)30(15-18)20-4-6-22(7-5-20)36-23-10-8-21(34-2)9-11-23/h3-13,18H,14-16H2,1-2H3,(H,29,31)/t18-/m1/s1. The molecule has 3 aromatic carbocycles. The molecule has 0 aliphatic carbocycles. The van der Waals surface area contributed by atoms with Gasteiger partial charge in [0.1, 0.15) is 17.2 Å². The topological polar surface area (TPSA) is 94.2 Å². The Morgan fingerprint density at radius 1 is 1.00 bits per heavy atom. The van der Waals surface area contributed by atoms with Crippen LogP contribution < -0.4 is 19.7 Å². The van der Waals surface area contributed by atoms with Crippen molar-refractivity contribution in [3.05, 3.63) is 76.8 Å². The summed E-state index contributed by atoms with van der Waals surface area (Å²) in [6.07, 6.45) is 0.0242. The minimum atomic E-state index is -0.644. The molecule has 8 nitrogen and oxygen atoms in total. The van der Waals surface area contributed by atoms with E-state index in [2.05, 4.69) is 21.2 Å². The zero-order chi connectivity index (χ0) is 25.7. The molecule has 36 heavy (non-hydrogen) atoms. The molecule has 3 aromatic rings. The van der Waals surface area contributed by atoms with Gasteiger partial charge in [-0.2, -0.15) is 0 Å². The molecule has 1 N–H and O–H groups in total. The van der Waals surface area contributed by atoms with Crippen molar-refractivity contribution in [3.63, 3.8) is 0 Å². The van der Waals surface area contributed by atoms with Gasteiger partial charge in [-0.1, -0.05) is 15.9 Å². The van der Waals surface area contributed by atoms with Gasteiger partial charge in [-0.15, -0.1) is 0 Å². The van der Waals surface area contributed by atoms with Crippen molar-refractivity contribution >= 4 is 45.1 Å². The number of carbonyl (C=O) groups excluding carboxylic acids is 3. The Balaban J connectivity index is 1.29. The number of anilines is 2. The van der Waals surface area contributed by atoms with E-state index in [0.29, 0.717) is 22.9 Å². The second kappa shape index (κ2) is 11.3. The number of nitrogens with zero attached hydrogens (tertiary/aromatic N) is 1. The lowest BCUT2D eigenvalue weighted by molar-refractivity contribution is -0.151. The number of nitrogens with one attached hydrogen (secondary N) is 1. The highest BCUT2D eigenvalue weighted by molar-refractivity contribution is 9.10. The number of rotatable bonds is 8. The van der Waals surface area contributed by atoms with Crippen molar-refractivity contribution in [1.82, 2.24) is 0 Å². The zero-order valence-electron chi connectivity index (χ0n) is 19.8. The number of methoxy groups -OCH3 is 1. The Morgan fingerprint density at radius 2 is 1.64 bits per heavy atom. The number of esters is 1. The van der Waals surface area contributed by atoms with Gasteiger partial charge in [0.15, 0.2) is 6.61 Å². The first-order valence-electron chi connectivity index (χ1n) is 11.3. The number of carbonyl (C=O) groups is 3. The van der Waals surface area contributed by atoms with Crippen molar-refractivity contribution in [1.29, 1.82) is 0 Å². The highest BCUT2D eigenvalue weighted by atomic mass is 79.9. The number of benzene rings is 3. The van der Waals surface area contributed by atoms with Crippen LogP contribution >= 0.6 is 15.9 Å². The first kappa shape index (κ1) is 25.2. The van der Waals surface area contributed by atoms with Gasteiger partial charge in [0.25, 0.3) is 5.91 Å². The van der Waals surface area contributed by atoms with Crippen molar-refractivity contribution in [2.45, 2.75) is 13.3 Å². The molecule has 2 amide bonds. The number of amides is 2. The summed E-state index contributed by atoms with van der Waals surface area (Å²) in [5.74, 6) is 0.154. The lowest BCUT2D eigenvalue weighted by atomic mass is 10.1. The largest absolute Gasteiger partial charge is 0.497 e. The van der Waals surface area contributed by atoms with E-state index >= 15 is 0 Å². The third kappa shape index (κ3) is 6.23. The molecule has 0 spiro atoms. The summed E-state index contributed by atoms with van der Waals surface area (Å²) < 4.78 is 17.0. The summed E-state index contributed by atoms with van der Waals surface area (Å²) in [4.78, 5) is 38.8. The maximum absolute atomic E-state index is 12.6. The van der Waals surface area contributed by atoms with Gasteiger partial charge in [0.05, 0.1) is 13.0 Å². The van der Waals surface area contributed by atoms with E-state index in [-0.39, 0.29) is 18.9 Å². The molecule has 0 unspecified atom stereocenters. The fourth-order valence-corrected chi connectivity index (χ4v) is 4.27.